The SMILES string of the molecule is CCCC1CCC2(C)C(CCC3(C)C2CC=C2C4CCCCC4(O)CCC23C)C1(C)C. The predicted molar refractivity (Wildman–Crippen MR) is 131 cm³/mol. The van der Waals surface area contributed by atoms with Crippen molar-refractivity contribution < 1.29 is 5.11 Å². The number of hydrogen-bond acceptors (Lipinski definition) is 1. The van der Waals surface area contributed by atoms with Crippen molar-refractivity contribution >= 4 is 0 Å². The number of fused-ring (bicyclic) bond motifs is 7. The van der Waals surface area contributed by atoms with Crippen molar-refractivity contribution in [2.45, 2.75) is 131 Å². The lowest BCUT2D eigenvalue weighted by Gasteiger charge is -2.71. The zero-order valence-electron chi connectivity index (χ0n) is 21.5. The Morgan fingerprint density at radius 1 is 0.871 bits per heavy atom. The Labute approximate surface area is 192 Å². The lowest BCUT2D eigenvalue weighted by Crippen LogP contribution is -2.64. The molecule has 0 heterocycles. The van der Waals surface area contributed by atoms with Gasteiger partial charge in [0.05, 0.1) is 5.60 Å². The van der Waals surface area contributed by atoms with Gasteiger partial charge in [0, 0.05) is 5.92 Å². The smallest absolute Gasteiger partial charge is 0.0713 e. The van der Waals surface area contributed by atoms with Gasteiger partial charge in [0.1, 0.15) is 0 Å². The molecular weight excluding hydrogens is 376 g/mol. The molecule has 0 aliphatic heterocycles. The summed E-state index contributed by atoms with van der Waals surface area (Å²) in [5, 5.41) is 11.6. The maximum Gasteiger partial charge on any atom is 0.0713 e. The van der Waals surface area contributed by atoms with Gasteiger partial charge in [0.25, 0.3) is 0 Å². The van der Waals surface area contributed by atoms with E-state index in [9.17, 15) is 5.11 Å². The summed E-state index contributed by atoms with van der Waals surface area (Å²) in [7, 11) is 0. The first-order chi connectivity index (χ1) is 14.5. The monoisotopic (exact) mass is 426 g/mol. The molecule has 4 saturated carbocycles. The number of aliphatic hydroxyl groups is 1. The lowest BCUT2D eigenvalue weighted by atomic mass is 9.34. The van der Waals surface area contributed by atoms with Crippen molar-refractivity contribution in [1.82, 2.24) is 0 Å². The Morgan fingerprint density at radius 2 is 1.65 bits per heavy atom. The molecule has 0 radical (unpaired) electrons. The van der Waals surface area contributed by atoms with Gasteiger partial charge in [-0.25, -0.2) is 0 Å². The summed E-state index contributed by atoms with van der Waals surface area (Å²) in [4.78, 5) is 0. The van der Waals surface area contributed by atoms with Crippen LogP contribution in [0.4, 0.5) is 0 Å². The van der Waals surface area contributed by atoms with Crippen LogP contribution in [0.3, 0.4) is 0 Å². The van der Waals surface area contributed by atoms with Crippen LogP contribution in [0.1, 0.15) is 125 Å². The van der Waals surface area contributed by atoms with Crippen molar-refractivity contribution in [2.75, 3.05) is 0 Å². The molecule has 0 bridgehead atoms. The van der Waals surface area contributed by atoms with Crippen molar-refractivity contribution in [2.24, 2.45) is 45.3 Å². The van der Waals surface area contributed by atoms with Crippen molar-refractivity contribution in [1.29, 1.82) is 0 Å². The summed E-state index contributed by atoms with van der Waals surface area (Å²) < 4.78 is 0. The molecule has 5 rings (SSSR count). The average Bonchev–Trinajstić information content (AvgIpc) is 2.71. The van der Waals surface area contributed by atoms with Gasteiger partial charge >= 0.3 is 0 Å². The number of rotatable bonds is 2. The topological polar surface area (TPSA) is 20.2 Å². The van der Waals surface area contributed by atoms with Gasteiger partial charge < -0.3 is 5.11 Å². The summed E-state index contributed by atoms with van der Waals surface area (Å²) in [6.07, 6.45) is 19.5. The molecule has 1 N–H and O–H groups in total. The van der Waals surface area contributed by atoms with Gasteiger partial charge in [-0.05, 0) is 97.2 Å². The minimum Gasteiger partial charge on any atom is -0.389 e. The molecule has 0 spiro atoms. The lowest BCUT2D eigenvalue weighted by molar-refractivity contribution is -0.196. The molecule has 8 unspecified atom stereocenters. The molecule has 0 amide bonds. The fourth-order valence-corrected chi connectivity index (χ4v) is 10.9. The van der Waals surface area contributed by atoms with Crippen LogP contribution in [-0.4, -0.2) is 10.7 Å². The normalized spacial score (nSPS) is 53.5. The molecule has 0 aromatic rings. The van der Waals surface area contributed by atoms with E-state index in [0.717, 1.165) is 30.6 Å². The van der Waals surface area contributed by atoms with Crippen molar-refractivity contribution in [3.05, 3.63) is 11.6 Å². The first-order valence-electron chi connectivity index (χ1n) is 14.0. The first kappa shape index (κ1) is 22.5. The second-order valence-corrected chi connectivity index (χ2v) is 14.0. The van der Waals surface area contributed by atoms with E-state index in [-0.39, 0.29) is 0 Å². The second kappa shape index (κ2) is 7.10. The van der Waals surface area contributed by atoms with Crippen molar-refractivity contribution in [3.8, 4) is 0 Å². The third-order valence-electron chi connectivity index (χ3n) is 12.8. The standard InChI is InChI=1S/C30H50O/c1-7-10-21-14-17-27(4)24(26(21,2)3)15-18-29(6)25(27)13-12-22-23-11-8-9-16-30(23,31)20-19-28(22,29)5/h12,21,23-25,31H,7-11,13-20H2,1-6H3. The van der Waals surface area contributed by atoms with Crippen LogP contribution in [0.25, 0.3) is 0 Å². The van der Waals surface area contributed by atoms with E-state index in [0.29, 0.717) is 27.6 Å². The molecule has 8 atom stereocenters. The van der Waals surface area contributed by atoms with Gasteiger partial charge in [-0.1, -0.05) is 78.9 Å². The van der Waals surface area contributed by atoms with Crippen LogP contribution < -0.4 is 0 Å². The van der Waals surface area contributed by atoms with Gasteiger partial charge in [-0.2, -0.15) is 0 Å². The maximum atomic E-state index is 11.6. The summed E-state index contributed by atoms with van der Waals surface area (Å²) in [5.41, 5.74) is 2.95. The zero-order chi connectivity index (χ0) is 22.3. The third kappa shape index (κ3) is 2.83. The van der Waals surface area contributed by atoms with E-state index in [1.54, 1.807) is 5.57 Å². The van der Waals surface area contributed by atoms with Gasteiger partial charge in [0.2, 0.25) is 0 Å². The first-order valence-corrected chi connectivity index (χ1v) is 14.0. The number of allylic oxidation sites excluding steroid dienone is 1. The molecule has 176 valence electrons. The quantitative estimate of drug-likeness (QED) is 0.440. The molecule has 4 fully saturated rings. The highest BCUT2D eigenvalue weighted by atomic mass is 16.3. The molecule has 1 heteroatoms. The Kier molecular flexibility index (Phi) is 5.15. The molecule has 31 heavy (non-hydrogen) atoms. The molecule has 0 aromatic heterocycles. The summed E-state index contributed by atoms with van der Waals surface area (Å²) in [5.74, 6) is 3.04. The van der Waals surface area contributed by atoms with E-state index in [2.05, 4.69) is 47.6 Å². The van der Waals surface area contributed by atoms with E-state index in [4.69, 9.17) is 0 Å². The predicted octanol–water partition coefficient (Wildman–Crippen LogP) is 8.31. The highest BCUT2D eigenvalue weighted by Gasteiger charge is 2.67. The maximum absolute atomic E-state index is 11.6. The molecule has 0 aromatic carbocycles. The van der Waals surface area contributed by atoms with E-state index >= 15 is 0 Å². The van der Waals surface area contributed by atoms with E-state index in [1.165, 1.54) is 70.6 Å². The molecule has 0 saturated heterocycles. The number of hydrogen-bond donors (Lipinski definition) is 1. The minimum absolute atomic E-state index is 0.294. The van der Waals surface area contributed by atoms with E-state index in [1.807, 2.05) is 0 Å². The van der Waals surface area contributed by atoms with Gasteiger partial charge in [-0.15, -0.1) is 0 Å². The van der Waals surface area contributed by atoms with Crippen molar-refractivity contribution in [3.63, 3.8) is 0 Å². The molecule has 1 nitrogen and oxygen atoms in total. The Bertz CT molecular complexity index is 750. The van der Waals surface area contributed by atoms with Crippen LogP contribution in [0.15, 0.2) is 11.6 Å². The van der Waals surface area contributed by atoms with Crippen LogP contribution in [0.2, 0.25) is 0 Å². The Morgan fingerprint density at radius 3 is 2.39 bits per heavy atom. The summed E-state index contributed by atoms with van der Waals surface area (Å²) in [6.45, 7) is 15.7. The van der Waals surface area contributed by atoms with Crippen LogP contribution in [0, 0.1) is 45.3 Å². The largest absolute Gasteiger partial charge is 0.389 e. The summed E-state index contributed by atoms with van der Waals surface area (Å²) >= 11 is 0. The highest BCUT2D eigenvalue weighted by molar-refractivity contribution is 5.33. The second-order valence-electron chi connectivity index (χ2n) is 14.0. The van der Waals surface area contributed by atoms with Gasteiger partial charge in [0.15, 0.2) is 0 Å². The highest BCUT2D eigenvalue weighted by Crippen LogP contribution is 2.75. The van der Waals surface area contributed by atoms with E-state index < -0.39 is 5.60 Å². The average molecular weight is 427 g/mol. The zero-order valence-corrected chi connectivity index (χ0v) is 21.5. The molecule has 5 aliphatic rings. The molecular formula is C30H50O. The third-order valence-corrected chi connectivity index (χ3v) is 12.8. The molecule has 5 aliphatic carbocycles. The Hall–Kier alpha value is -0.300. The Balaban J connectivity index is 1.53. The fourth-order valence-electron chi connectivity index (χ4n) is 10.9. The fraction of sp³-hybridized carbons (Fsp3) is 0.933. The van der Waals surface area contributed by atoms with Crippen LogP contribution in [0.5, 0.6) is 0 Å². The van der Waals surface area contributed by atoms with Gasteiger partial charge in [-0.3, -0.25) is 0 Å². The van der Waals surface area contributed by atoms with Crippen LogP contribution >= 0.6 is 0 Å². The van der Waals surface area contributed by atoms with Crippen LogP contribution in [-0.2, 0) is 0 Å². The minimum atomic E-state index is -0.395. The summed E-state index contributed by atoms with van der Waals surface area (Å²) in [6, 6.07) is 0.